The Labute approximate surface area is 76.1 Å². The first-order chi connectivity index (χ1) is 5.66. The van der Waals surface area contributed by atoms with Gasteiger partial charge in [0.05, 0.1) is 0 Å². The molecule has 2 aliphatic rings. The van der Waals surface area contributed by atoms with Gasteiger partial charge in [0.1, 0.15) is 0 Å². The molecule has 1 aliphatic carbocycles. The highest BCUT2D eigenvalue weighted by atomic mass is 15.1. The highest BCUT2D eigenvalue weighted by molar-refractivity contribution is 4.91. The SMILES string of the molecule is CC(C)C1CC2CC1CN(C)C2. The molecule has 3 atom stereocenters. The van der Waals surface area contributed by atoms with Gasteiger partial charge in [-0.25, -0.2) is 0 Å². The fourth-order valence-electron chi connectivity index (χ4n) is 3.37. The molecule has 0 aromatic rings. The number of likely N-dealkylation sites (tertiary alicyclic amines) is 1. The van der Waals surface area contributed by atoms with Gasteiger partial charge < -0.3 is 4.90 Å². The van der Waals surface area contributed by atoms with Crippen LogP contribution in [-0.2, 0) is 0 Å². The van der Waals surface area contributed by atoms with Gasteiger partial charge >= 0.3 is 0 Å². The van der Waals surface area contributed by atoms with Crippen LogP contribution in [-0.4, -0.2) is 25.0 Å². The molecule has 1 aliphatic heterocycles. The summed E-state index contributed by atoms with van der Waals surface area (Å²) in [7, 11) is 2.28. The number of fused-ring (bicyclic) bond motifs is 2. The van der Waals surface area contributed by atoms with Gasteiger partial charge in [-0.2, -0.15) is 0 Å². The van der Waals surface area contributed by atoms with E-state index in [0.717, 1.165) is 23.7 Å². The van der Waals surface area contributed by atoms with Crippen molar-refractivity contribution in [2.24, 2.45) is 23.7 Å². The fraction of sp³-hybridized carbons (Fsp3) is 1.00. The lowest BCUT2D eigenvalue weighted by molar-refractivity contribution is 0.180. The van der Waals surface area contributed by atoms with Gasteiger partial charge in [0.25, 0.3) is 0 Å². The lowest BCUT2D eigenvalue weighted by atomic mass is 9.86. The summed E-state index contributed by atoms with van der Waals surface area (Å²) in [4.78, 5) is 2.53. The van der Waals surface area contributed by atoms with Crippen LogP contribution >= 0.6 is 0 Å². The third-order valence-electron chi connectivity index (χ3n) is 3.82. The van der Waals surface area contributed by atoms with Gasteiger partial charge in [0.2, 0.25) is 0 Å². The van der Waals surface area contributed by atoms with Crippen LogP contribution in [0.1, 0.15) is 26.7 Å². The van der Waals surface area contributed by atoms with E-state index in [4.69, 9.17) is 0 Å². The Morgan fingerprint density at radius 2 is 1.92 bits per heavy atom. The van der Waals surface area contributed by atoms with Crippen LogP contribution in [0, 0.1) is 23.7 Å². The van der Waals surface area contributed by atoms with Crippen molar-refractivity contribution in [2.45, 2.75) is 26.7 Å². The molecule has 1 nitrogen and oxygen atoms in total. The maximum absolute atomic E-state index is 2.53. The zero-order valence-corrected chi connectivity index (χ0v) is 8.59. The molecule has 0 aromatic carbocycles. The lowest BCUT2D eigenvalue weighted by Crippen LogP contribution is -2.34. The molecule has 0 spiro atoms. The van der Waals surface area contributed by atoms with Gasteiger partial charge in [-0.1, -0.05) is 13.8 Å². The molecule has 1 saturated heterocycles. The second-order valence-electron chi connectivity index (χ2n) is 5.23. The van der Waals surface area contributed by atoms with Crippen molar-refractivity contribution in [3.63, 3.8) is 0 Å². The second kappa shape index (κ2) is 3.02. The Morgan fingerprint density at radius 3 is 2.58 bits per heavy atom. The molecule has 12 heavy (non-hydrogen) atoms. The van der Waals surface area contributed by atoms with Crippen molar-refractivity contribution < 1.29 is 0 Å². The van der Waals surface area contributed by atoms with E-state index < -0.39 is 0 Å². The van der Waals surface area contributed by atoms with Crippen LogP contribution < -0.4 is 0 Å². The molecule has 2 fully saturated rings. The molecule has 1 saturated carbocycles. The minimum absolute atomic E-state index is 0.909. The van der Waals surface area contributed by atoms with Gasteiger partial charge in [0.15, 0.2) is 0 Å². The minimum atomic E-state index is 0.909. The molecular weight excluding hydrogens is 146 g/mol. The van der Waals surface area contributed by atoms with E-state index in [1.165, 1.54) is 25.9 Å². The van der Waals surface area contributed by atoms with Crippen molar-refractivity contribution >= 4 is 0 Å². The number of hydrogen-bond acceptors (Lipinski definition) is 1. The average molecular weight is 167 g/mol. The predicted octanol–water partition coefficient (Wildman–Crippen LogP) is 2.23. The van der Waals surface area contributed by atoms with E-state index in [1.807, 2.05) is 0 Å². The van der Waals surface area contributed by atoms with E-state index in [1.54, 1.807) is 0 Å². The summed E-state index contributed by atoms with van der Waals surface area (Å²) < 4.78 is 0. The molecule has 0 aromatic heterocycles. The molecule has 1 heterocycles. The first-order valence-corrected chi connectivity index (χ1v) is 5.35. The molecule has 0 radical (unpaired) electrons. The monoisotopic (exact) mass is 167 g/mol. The number of nitrogens with zero attached hydrogens (tertiary/aromatic N) is 1. The van der Waals surface area contributed by atoms with Gasteiger partial charge in [-0.05, 0) is 43.6 Å². The number of hydrogen-bond donors (Lipinski definition) is 0. The second-order valence-corrected chi connectivity index (χ2v) is 5.23. The van der Waals surface area contributed by atoms with E-state index in [0.29, 0.717) is 0 Å². The third-order valence-corrected chi connectivity index (χ3v) is 3.82. The van der Waals surface area contributed by atoms with E-state index in [2.05, 4.69) is 25.8 Å². The van der Waals surface area contributed by atoms with Gasteiger partial charge in [-0.3, -0.25) is 0 Å². The minimum Gasteiger partial charge on any atom is -0.306 e. The quantitative estimate of drug-likeness (QED) is 0.579. The van der Waals surface area contributed by atoms with Crippen LogP contribution in [0.15, 0.2) is 0 Å². The van der Waals surface area contributed by atoms with Crippen molar-refractivity contribution in [2.75, 3.05) is 20.1 Å². The number of rotatable bonds is 1. The highest BCUT2D eigenvalue weighted by Crippen LogP contribution is 2.43. The zero-order chi connectivity index (χ0) is 8.72. The normalized spacial score (nSPS) is 42.5. The third kappa shape index (κ3) is 1.39. The summed E-state index contributed by atoms with van der Waals surface area (Å²) in [5, 5.41) is 0. The van der Waals surface area contributed by atoms with Crippen LogP contribution in [0.5, 0.6) is 0 Å². The van der Waals surface area contributed by atoms with E-state index >= 15 is 0 Å². The van der Waals surface area contributed by atoms with Crippen molar-refractivity contribution in [1.29, 1.82) is 0 Å². The first kappa shape index (κ1) is 8.55. The molecule has 0 amide bonds. The largest absolute Gasteiger partial charge is 0.306 e. The summed E-state index contributed by atoms with van der Waals surface area (Å²) in [5.74, 6) is 3.99. The fourth-order valence-corrected chi connectivity index (χ4v) is 3.37. The zero-order valence-electron chi connectivity index (χ0n) is 8.59. The molecule has 0 N–H and O–H groups in total. The molecule has 1 heteroatoms. The van der Waals surface area contributed by atoms with Crippen molar-refractivity contribution in [1.82, 2.24) is 4.90 Å². The molecule has 2 rings (SSSR count). The summed E-state index contributed by atoms with van der Waals surface area (Å²) in [6.45, 7) is 7.51. The van der Waals surface area contributed by atoms with E-state index in [9.17, 15) is 0 Å². The first-order valence-electron chi connectivity index (χ1n) is 5.35. The Balaban J connectivity index is 2.04. The lowest BCUT2D eigenvalue weighted by Gasteiger charge is -2.30. The molecular formula is C11H21N. The summed E-state index contributed by atoms with van der Waals surface area (Å²) >= 11 is 0. The summed E-state index contributed by atoms with van der Waals surface area (Å²) in [6.07, 6.45) is 3.03. The number of piperidine rings is 1. The topological polar surface area (TPSA) is 3.24 Å². The highest BCUT2D eigenvalue weighted by Gasteiger charge is 2.39. The van der Waals surface area contributed by atoms with Gasteiger partial charge in [0, 0.05) is 13.1 Å². The maximum atomic E-state index is 2.53. The summed E-state index contributed by atoms with van der Waals surface area (Å²) in [6, 6.07) is 0. The van der Waals surface area contributed by atoms with Crippen molar-refractivity contribution in [3.8, 4) is 0 Å². The molecule has 2 bridgehead atoms. The molecule has 3 unspecified atom stereocenters. The van der Waals surface area contributed by atoms with Crippen LogP contribution in [0.25, 0.3) is 0 Å². The van der Waals surface area contributed by atoms with Crippen LogP contribution in [0.2, 0.25) is 0 Å². The summed E-state index contributed by atoms with van der Waals surface area (Å²) in [5.41, 5.74) is 0. The standard InChI is InChI=1S/C11H21N/c1-8(2)11-5-9-4-10(11)7-12(3)6-9/h8-11H,4-7H2,1-3H3. The Kier molecular flexibility index (Phi) is 2.16. The van der Waals surface area contributed by atoms with Gasteiger partial charge in [-0.15, -0.1) is 0 Å². The predicted molar refractivity (Wildman–Crippen MR) is 52.0 cm³/mol. The van der Waals surface area contributed by atoms with Crippen LogP contribution in [0.4, 0.5) is 0 Å². The van der Waals surface area contributed by atoms with Crippen LogP contribution in [0.3, 0.4) is 0 Å². The maximum Gasteiger partial charge on any atom is 0.000958 e. The van der Waals surface area contributed by atoms with E-state index in [-0.39, 0.29) is 0 Å². The molecule has 70 valence electrons. The Bertz CT molecular complexity index is 164. The smallest absolute Gasteiger partial charge is 0.000958 e. The average Bonchev–Trinajstić information content (AvgIpc) is 2.26. The van der Waals surface area contributed by atoms with Crippen molar-refractivity contribution in [3.05, 3.63) is 0 Å². The Hall–Kier alpha value is -0.0400. The Morgan fingerprint density at radius 1 is 1.17 bits per heavy atom.